The molecule has 0 aliphatic carbocycles. The van der Waals surface area contributed by atoms with Crippen molar-refractivity contribution in [2.24, 2.45) is 7.05 Å². The van der Waals surface area contributed by atoms with Crippen molar-refractivity contribution in [3.05, 3.63) is 3.95 Å². The number of aliphatic carboxylic acids is 1. The van der Waals surface area contributed by atoms with E-state index < -0.39 is 11.2 Å². The van der Waals surface area contributed by atoms with E-state index >= 15 is 0 Å². The lowest BCUT2D eigenvalue weighted by molar-refractivity contribution is -0.136. The molecule has 1 aromatic rings. The van der Waals surface area contributed by atoms with Gasteiger partial charge in [0, 0.05) is 7.05 Å². The van der Waals surface area contributed by atoms with Gasteiger partial charge in [-0.05, 0) is 18.6 Å². The number of carboxylic acid groups (broad SMARTS) is 1. The predicted octanol–water partition coefficient (Wildman–Crippen LogP) is 2.17. The quantitative estimate of drug-likeness (QED) is 0.655. The Morgan fingerprint density at radius 3 is 2.86 bits per heavy atom. The molecule has 0 saturated heterocycles. The zero-order valence-electron chi connectivity index (χ0n) is 7.76. The second kappa shape index (κ2) is 4.90. The maximum absolute atomic E-state index is 10.7. The average Bonchev–Trinajstić information content (AvgIpc) is 2.41. The van der Waals surface area contributed by atoms with E-state index in [1.54, 1.807) is 11.7 Å². The highest BCUT2D eigenvalue weighted by Crippen LogP contribution is 2.27. The van der Waals surface area contributed by atoms with Crippen molar-refractivity contribution in [1.82, 2.24) is 9.78 Å². The summed E-state index contributed by atoms with van der Waals surface area (Å²) in [6, 6.07) is 0. The number of aromatic nitrogens is 2. The van der Waals surface area contributed by atoms with Gasteiger partial charge >= 0.3 is 5.97 Å². The third-order valence-electron chi connectivity index (χ3n) is 1.56. The number of carboxylic acids is 1. The van der Waals surface area contributed by atoms with E-state index in [2.05, 4.69) is 5.10 Å². The molecule has 0 aliphatic heterocycles. The average molecular weight is 250 g/mol. The first kappa shape index (κ1) is 11.7. The van der Waals surface area contributed by atoms with E-state index in [9.17, 15) is 4.79 Å². The summed E-state index contributed by atoms with van der Waals surface area (Å²) in [5.74, 6) is -0.804. The maximum Gasteiger partial charge on any atom is 0.317 e. The smallest absolute Gasteiger partial charge is 0.317 e. The summed E-state index contributed by atoms with van der Waals surface area (Å²) < 4.78 is 2.95. The van der Waals surface area contributed by atoms with Gasteiger partial charge in [0.15, 0.2) is 8.29 Å². The predicted molar refractivity (Wildman–Crippen MR) is 59.5 cm³/mol. The lowest BCUT2D eigenvalue weighted by Crippen LogP contribution is -2.14. The van der Waals surface area contributed by atoms with E-state index in [1.165, 1.54) is 23.1 Å². The van der Waals surface area contributed by atoms with Gasteiger partial charge in [-0.2, -0.15) is 5.10 Å². The monoisotopic (exact) mass is 250 g/mol. The van der Waals surface area contributed by atoms with Gasteiger partial charge in [0.25, 0.3) is 0 Å². The molecule has 14 heavy (non-hydrogen) atoms. The van der Waals surface area contributed by atoms with E-state index in [0.29, 0.717) is 14.7 Å². The number of aryl methyl sites for hydroxylation is 1. The minimum absolute atomic E-state index is 0.435. The van der Waals surface area contributed by atoms with Crippen LogP contribution in [-0.4, -0.2) is 26.1 Å². The standard InChI is InChI=1S/C7H10N2O2S3/c1-3-4(5(10)11)13-6-8-9(2)7(12)14-6/h4H,3H2,1-2H3,(H,10,11). The first-order chi connectivity index (χ1) is 6.54. The molecule has 0 bridgehead atoms. The van der Waals surface area contributed by atoms with Gasteiger partial charge in [-0.25, -0.2) is 4.68 Å². The maximum atomic E-state index is 10.7. The summed E-state index contributed by atoms with van der Waals surface area (Å²) in [5, 5.41) is 12.5. The van der Waals surface area contributed by atoms with Crippen molar-refractivity contribution in [3.8, 4) is 0 Å². The van der Waals surface area contributed by atoms with Crippen LogP contribution in [0.2, 0.25) is 0 Å². The summed E-state index contributed by atoms with van der Waals surface area (Å²) in [6.07, 6.45) is 0.579. The van der Waals surface area contributed by atoms with Crippen LogP contribution in [0.5, 0.6) is 0 Å². The van der Waals surface area contributed by atoms with Crippen molar-refractivity contribution in [2.45, 2.75) is 22.9 Å². The number of carbonyl (C=O) groups is 1. The van der Waals surface area contributed by atoms with Crippen molar-refractivity contribution in [3.63, 3.8) is 0 Å². The number of thioether (sulfide) groups is 1. The fourth-order valence-corrected chi connectivity index (χ4v) is 3.18. The highest BCUT2D eigenvalue weighted by atomic mass is 32.2. The molecular weight excluding hydrogens is 240 g/mol. The molecule has 0 aliphatic rings. The Bertz CT molecular complexity index is 385. The molecule has 1 unspecified atom stereocenters. The van der Waals surface area contributed by atoms with Gasteiger partial charge in [0.2, 0.25) is 0 Å². The zero-order valence-corrected chi connectivity index (χ0v) is 10.2. The third kappa shape index (κ3) is 2.79. The molecule has 78 valence electrons. The van der Waals surface area contributed by atoms with Gasteiger partial charge in [-0.3, -0.25) is 4.79 Å². The third-order valence-corrected chi connectivity index (χ3v) is 4.41. The van der Waals surface area contributed by atoms with Crippen LogP contribution in [0.4, 0.5) is 0 Å². The Labute approximate surface area is 95.0 Å². The van der Waals surface area contributed by atoms with Crippen LogP contribution in [0.3, 0.4) is 0 Å². The fraction of sp³-hybridized carbons (Fsp3) is 0.571. The lowest BCUT2D eigenvalue weighted by atomic mass is 10.3. The number of hydrogen-bond acceptors (Lipinski definition) is 5. The largest absolute Gasteiger partial charge is 0.480 e. The molecule has 0 amide bonds. The van der Waals surface area contributed by atoms with Crippen LogP contribution >= 0.6 is 35.3 Å². The SMILES string of the molecule is CCC(Sc1nn(C)c(=S)s1)C(=O)O. The zero-order chi connectivity index (χ0) is 10.7. The molecular formula is C7H10N2O2S3. The van der Waals surface area contributed by atoms with Crippen LogP contribution in [0.1, 0.15) is 13.3 Å². The molecule has 0 saturated carbocycles. The van der Waals surface area contributed by atoms with Gasteiger partial charge in [-0.1, -0.05) is 30.0 Å². The highest BCUT2D eigenvalue weighted by Gasteiger charge is 2.18. The van der Waals surface area contributed by atoms with E-state index in [0.717, 1.165) is 0 Å². The molecule has 1 rings (SSSR count). The molecule has 0 spiro atoms. The van der Waals surface area contributed by atoms with Crippen LogP contribution < -0.4 is 0 Å². The summed E-state index contributed by atoms with van der Waals surface area (Å²) in [6.45, 7) is 1.84. The Morgan fingerprint density at radius 2 is 2.50 bits per heavy atom. The lowest BCUT2D eigenvalue weighted by Gasteiger charge is -2.04. The Morgan fingerprint density at radius 1 is 1.86 bits per heavy atom. The summed E-state index contributed by atoms with van der Waals surface area (Å²) in [7, 11) is 1.75. The van der Waals surface area contributed by atoms with E-state index in [1.807, 2.05) is 6.92 Å². The molecule has 1 N–H and O–H groups in total. The highest BCUT2D eigenvalue weighted by molar-refractivity contribution is 8.02. The van der Waals surface area contributed by atoms with Gasteiger partial charge in [-0.15, -0.1) is 0 Å². The van der Waals surface area contributed by atoms with Crippen molar-refractivity contribution in [1.29, 1.82) is 0 Å². The molecule has 0 fully saturated rings. The second-order valence-corrected chi connectivity index (χ2v) is 5.68. The molecule has 7 heteroatoms. The van der Waals surface area contributed by atoms with Crippen molar-refractivity contribution in [2.75, 3.05) is 0 Å². The first-order valence-electron chi connectivity index (χ1n) is 3.98. The minimum atomic E-state index is -0.804. The number of nitrogens with zero attached hydrogens (tertiary/aromatic N) is 2. The Hall–Kier alpha value is -0.400. The van der Waals surface area contributed by atoms with E-state index in [4.69, 9.17) is 17.3 Å². The normalized spacial score (nSPS) is 12.7. The summed E-state index contributed by atoms with van der Waals surface area (Å²) in [4.78, 5) is 10.7. The Kier molecular flexibility index (Phi) is 4.09. The van der Waals surface area contributed by atoms with Gasteiger partial charge < -0.3 is 5.11 Å². The van der Waals surface area contributed by atoms with Crippen LogP contribution in [0.15, 0.2) is 4.34 Å². The Balaban J connectivity index is 2.77. The minimum Gasteiger partial charge on any atom is -0.480 e. The second-order valence-electron chi connectivity index (χ2n) is 2.61. The molecule has 0 radical (unpaired) electrons. The van der Waals surface area contributed by atoms with Gasteiger partial charge in [0.1, 0.15) is 5.25 Å². The summed E-state index contributed by atoms with van der Waals surface area (Å²) in [5.41, 5.74) is 0. The number of hydrogen-bond donors (Lipinski definition) is 1. The molecule has 1 atom stereocenters. The molecule has 4 nitrogen and oxygen atoms in total. The molecule has 0 aromatic carbocycles. The van der Waals surface area contributed by atoms with E-state index in [-0.39, 0.29) is 0 Å². The van der Waals surface area contributed by atoms with Crippen LogP contribution in [-0.2, 0) is 11.8 Å². The molecule has 1 heterocycles. The van der Waals surface area contributed by atoms with Crippen molar-refractivity contribution < 1.29 is 9.90 Å². The molecule has 1 aromatic heterocycles. The van der Waals surface area contributed by atoms with Crippen molar-refractivity contribution >= 4 is 41.3 Å². The summed E-state index contributed by atoms with van der Waals surface area (Å²) >= 11 is 7.58. The number of rotatable bonds is 4. The first-order valence-corrected chi connectivity index (χ1v) is 6.08. The van der Waals surface area contributed by atoms with Crippen LogP contribution in [0, 0.1) is 3.95 Å². The van der Waals surface area contributed by atoms with Gasteiger partial charge in [0.05, 0.1) is 0 Å². The fourth-order valence-electron chi connectivity index (χ4n) is 0.802. The van der Waals surface area contributed by atoms with Crippen LogP contribution in [0.25, 0.3) is 0 Å². The topological polar surface area (TPSA) is 55.1 Å².